The van der Waals surface area contributed by atoms with Gasteiger partial charge in [-0.15, -0.1) is 0 Å². The second-order valence-corrected chi connectivity index (χ2v) is 9.36. The minimum atomic E-state index is -1.53. The third-order valence-corrected chi connectivity index (χ3v) is 6.35. The molecule has 0 aromatic heterocycles. The van der Waals surface area contributed by atoms with Gasteiger partial charge < -0.3 is 52.7 Å². The molecule has 0 saturated heterocycles. The first-order valence-electron chi connectivity index (χ1n) is 13.7. The third kappa shape index (κ3) is 11.7. The molecule has 13 heteroatoms. The van der Waals surface area contributed by atoms with E-state index in [1.807, 2.05) is 18.2 Å². The topological polar surface area (TPSA) is 146 Å². The number of allylic oxidation sites excluding steroid dienone is 2. The van der Waals surface area contributed by atoms with Crippen LogP contribution in [0, 0.1) is 5.41 Å². The van der Waals surface area contributed by atoms with Crippen molar-refractivity contribution in [2.45, 2.75) is 19.3 Å². The van der Waals surface area contributed by atoms with E-state index < -0.39 is 17.3 Å². The molecule has 1 aliphatic rings. The second kappa shape index (κ2) is 20.6. The van der Waals surface area contributed by atoms with Crippen molar-refractivity contribution < 1.29 is 57.0 Å². The highest BCUT2D eigenvalue weighted by Crippen LogP contribution is 2.50. The SMILES string of the molecule is COCCOCNC(=O)CC1(C=O)CC(CC(=O)OC)=C(OCOCCOC)C(c2ccccc2)=C1OCOCCOC. The van der Waals surface area contributed by atoms with Crippen molar-refractivity contribution in [1.82, 2.24) is 5.32 Å². The van der Waals surface area contributed by atoms with E-state index >= 15 is 0 Å². The van der Waals surface area contributed by atoms with Gasteiger partial charge in [0.2, 0.25) is 5.91 Å². The zero-order valence-electron chi connectivity index (χ0n) is 25.3. The molecule has 0 bridgehead atoms. The van der Waals surface area contributed by atoms with Crippen LogP contribution >= 0.6 is 0 Å². The zero-order chi connectivity index (χ0) is 31.3. The number of aldehydes is 1. The molecule has 0 radical (unpaired) electrons. The van der Waals surface area contributed by atoms with Crippen molar-refractivity contribution in [1.29, 1.82) is 0 Å². The Balaban J connectivity index is 2.61. The third-order valence-electron chi connectivity index (χ3n) is 6.35. The lowest BCUT2D eigenvalue weighted by molar-refractivity contribution is -0.140. The normalized spacial score (nSPS) is 16.7. The Hall–Kier alpha value is -3.33. The van der Waals surface area contributed by atoms with E-state index in [4.69, 9.17) is 42.6 Å². The molecule has 2 rings (SSSR count). The lowest BCUT2D eigenvalue weighted by atomic mass is 9.70. The number of benzene rings is 1. The number of nitrogens with one attached hydrogen (secondary N) is 1. The van der Waals surface area contributed by atoms with Gasteiger partial charge in [-0.25, -0.2) is 0 Å². The lowest BCUT2D eigenvalue weighted by Crippen LogP contribution is -2.39. The Kier molecular flexibility index (Phi) is 17.1. The minimum Gasteiger partial charge on any atom is -0.470 e. The molecule has 1 unspecified atom stereocenters. The Labute approximate surface area is 252 Å². The molecule has 1 aromatic carbocycles. The van der Waals surface area contributed by atoms with Crippen molar-refractivity contribution in [3.05, 3.63) is 53.0 Å². The number of carbonyl (C=O) groups excluding carboxylic acids is 3. The molecule has 0 fully saturated rings. The van der Waals surface area contributed by atoms with Gasteiger partial charge in [0.05, 0.1) is 64.2 Å². The Morgan fingerprint density at radius 3 is 2.02 bits per heavy atom. The maximum absolute atomic E-state index is 13.2. The van der Waals surface area contributed by atoms with Crippen LogP contribution in [-0.4, -0.2) is 107 Å². The summed E-state index contributed by atoms with van der Waals surface area (Å²) in [5.74, 6) is -0.585. The highest BCUT2D eigenvalue weighted by atomic mass is 16.7. The van der Waals surface area contributed by atoms with Gasteiger partial charge in [-0.2, -0.15) is 0 Å². The number of esters is 1. The van der Waals surface area contributed by atoms with Crippen molar-refractivity contribution in [3.63, 3.8) is 0 Å². The average Bonchev–Trinajstić information content (AvgIpc) is 3.02. The maximum Gasteiger partial charge on any atom is 0.309 e. The van der Waals surface area contributed by atoms with Gasteiger partial charge in [0.15, 0.2) is 13.6 Å². The Morgan fingerprint density at radius 2 is 1.44 bits per heavy atom. The number of rotatable bonds is 23. The van der Waals surface area contributed by atoms with Crippen LogP contribution in [0.5, 0.6) is 0 Å². The van der Waals surface area contributed by atoms with Crippen LogP contribution < -0.4 is 5.32 Å². The van der Waals surface area contributed by atoms with Gasteiger partial charge >= 0.3 is 5.97 Å². The molecule has 0 aliphatic heterocycles. The maximum atomic E-state index is 13.2. The molecule has 1 N–H and O–H groups in total. The number of carbonyl (C=O) groups is 3. The first-order valence-corrected chi connectivity index (χ1v) is 13.7. The fourth-order valence-electron chi connectivity index (χ4n) is 4.29. The van der Waals surface area contributed by atoms with Crippen molar-refractivity contribution >= 4 is 23.7 Å². The Bertz CT molecular complexity index is 1060. The zero-order valence-corrected chi connectivity index (χ0v) is 25.3. The standard InChI is InChI=1S/C30H43NO12/c1-35-10-13-39-20-31-25(33)18-30(19-32)17-24(16-26(34)38-4)28(42-21-40-14-11-36-2)27(23-8-6-5-7-9-23)29(30)43-22-41-15-12-37-3/h5-9,19H,10-18,20-22H2,1-4H3,(H,31,33). The van der Waals surface area contributed by atoms with E-state index in [1.54, 1.807) is 33.5 Å². The highest BCUT2D eigenvalue weighted by Gasteiger charge is 2.47. The van der Waals surface area contributed by atoms with Crippen LogP contribution in [-0.2, 0) is 57.0 Å². The van der Waals surface area contributed by atoms with Gasteiger partial charge in [0, 0.05) is 27.8 Å². The predicted molar refractivity (Wildman–Crippen MR) is 153 cm³/mol. The molecule has 43 heavy (non-hydrogen) atoms. The summed E-state index contributed by atoms with van der Waals surface area (Å²) in [4.78, 5) is 38.8. The van der Waals surface area contributed by atoms with Crippen LogP contribution in [0.3, 0.4) is 0 Å². The van der Waals surface area contributed by atoms with E-state index in [0.29, 0.717) is 42.8 Å². The van der Waals surface area contributed by atoms with E-state index in [2.05, 4.69) is 5.32 Å². The number of amides is 1. The summed E-state index contributed by atoms with van der Waals surface area (Å²) in [6.45, 7) is 1.32. The molecule has 0 saturated carbocycles. The molecule has 0 spiro atoms. The molecule has 1 aliphatic carbocycles. The van der Waals surface area contributed by atoms with Gasteiger partial charge in [-0.05, 0) is 17.6 Å². The summed E-state index contributed by atoms with van der Waals surface area (Å²) >= 11 is 0. The van der Waals surface area contributed by atoms with Gasteiger partial charge in [-0.3, -0.25) is 9.59 Å². The predicted octanol–water partition coefficient (Wildman–Crippen LogP) is 2.20. The highest BCUT2D eigenvalue weighted by molar-refractivity contribution is 5.91. The first kappa shape index (κ1) is 35.9. The largest absolute Gasteiger partial charge is 0.470 e. The fraction of sp³-hybridized carbons (Fsp3) is 0.567. The molecule has 13 nitrogen and oxygen atoms in total. The van der Waals surface area contributed by atoms with E-state index in [-0.39, 0.29) is 70.9 Å². The molecule has 240 valence electrons. The van der Waals surface area contributed by atoms with E-state index in [0.717, 1.165) is 0 Å². The number of methoxy groups -OCH3 is 4. The van der Waals surface area contributed by atoms with E-state index in [9.17, 15) is 14.4 Å². The minimum absolute atomic E-state index is 0.0688. The van der Waals surface area contributed by atoms with Crippen molar-refractivity contribution in [2.24, 2.45) is 5.41 Å². The lowest BCUT2D eigenvalue weighted by Gasteiger charge is -2.38. The number of hydrogen-bond donors (Lipinski definition) is 1. The molecule has 1 amide bonds. The van der Waals surface area contributed by atoms with Crippen LogP contribution in [0.2, 0.25) is 0 Å². The second-order valence-electron chi connectivity index (χ2n) is 9.36. The summed E-state index contributed by atoms with van der Waals surface area (Å²) in [7, 11) is 5.91. The van der Waals surface area contributed by atoms with Crippen molar-refractivity contribution in [2.75, 3.05) is 88.4 Å². The summed E-state index contributed by atoms with van der Waals surface area (Å²) in [6.07, 6.45) is 0.0843. The summed E-state index contributed by atoms with van der Waals surface area (Å²) in [5.41, 5.74) is -0.0880. The van der Waals surface area contributed by atoms with Crippen LogP contribution in [0.15, 0.2) is 47.4 Å². The molecule has 1 aromatic rings. The summed E-state index contributed by atoms with van der Waals surface area (Å²) < 4.78 is 48.8. The average molecular weight is 610 g/mol. The molecular formula is C30H43NO12. The molecule has 0 heterocycles. The smallest absolute Gasteiger partial charge is 0.309 e. The first-order chi connectivity index (χ1) is 21.0. The van der Waals surface area contributed by atoms with Crippen LogP contribution in [0.1, 0.15) is 24.8 Å². The monoisotopic (exact) mass is 609 g/mol. The van der Waals surface area contributed by atoms with Crippen LogP contribution in [0.25, 0.3) is 5.57 Å². The Morgan fingerprint density at radius 1 is 0.837 bits per heavy atom. The van der Waals surface area contributed by atoms with Gasteiger partial charge in [0.25, 0.3) is 0 Å². The van der Waals surface area contributed by atoms with Crippen molar-refractivity contribution in [3.8, 4) is 0 Å². The van der Waals surface area contributed by atoms with E-state index in [1.165, 1.54) is 7.11 Å². The number of ether oxygens (including phenoxy) is 9. The molecular weight excluding hydrogens is 566 g/mol. The van der Waals surface area contributed by atoms with Crippen LogP contribution in [0.4, 0.5) is 0 Å². The van der Waals surface area contributed by atoms with Gasteiger partial charge in [0.1, 0.15) is 24.5 Å². The molecule has 1 atom stereocenters. The fourth-order valence-corrected chi connectivity index (χ4v) is 4.29. The quantitative estimate of drug-likeness (QED) is 0.0840. The number of hydrogen-bond acceptors (Lipinski definition) is 12. The van der Waals surface area contributed by atoms with Gasteiger partial charge in [-0.1, -0.05) is 30.3 Å². The summed E-state index contributed by atoms with van der Waals surface area (Å²) in [6, 6.07) is 9.06. The summed E-state index contributed by atoms with van der Waals surface area (Å²) in [5, 5.41) is 2.67.